The molecular formula is C21H44. The lowest BCUT2D eigenvalue weighted by Gasteiger charge is -2.13. The zero-order chi connectivity index (χ0) is 15.8. The fourth-order valence-corrected chi connectivity index (χ4v) is 3.29. The largest absolute Gasteiger partial charge is 0.0654 e. The Labute approximate surface area is 136 Å². The highest BCUT2D eigenvalue weighted by Gasteiger charge is 2.04. The Bertz CT molecular complexity index is 164. The molecule has 0 bridgehead atoms. The van der Waals surface area contributed by atoms with Crippen LogP contribution in [0.1, 0.15) is 124 Å². The van der Waals surface area contributed by atoms with Crippen LogP contribution in [0.25, 0.3) is 0 Å². The molecule has 2 atom stereocenters. The fourth-order valence-electron chi connectivity index (χ4n) is 3.29. The molecule has 0 aromatic heterocycles. The molecule has 0 saturated carbocycles. The summed E-state index contributed by atoms with van der Waals surface area (Å²) in [7, 11) is 0. The summed E-state index contributed by atoms with van der Waals surface area (Å²) in [5, 5.41) is 0. The highest BCUT2D eigenvalue weighted by Crippen LogP contribution is 2.20. The first-order valence-electron chi connectivity index (χ1n) is 10.2. The summed E-state index contributed by atoms with van der Waals surface area (Å²) >= 11 is 0. The molecule has 0 aliphatic carbocycles. The maximum Gasteiger partial charge on any atom is -0.0443 e. The van der Waals surface area contributed by atoms with Crippen LogP contribution in [0.5, 0.6) is 0 Å². The van der Waals surface area contributed by atoms with Gasteiger partial charge in [-0.05, 0) is 11.8 Å². The van der Waals surface area contributed by atoms with Crippen LogP contribution in [-0.4, -0.2) is 0 Å². The average molecular weight is 297 g/mol. The molecule has 0 aromatic rings. The highest BCUT2D eigenvalue weighted by atomic mass is 14.1. The van der Waals surface area contributed by atoms with Gasteiger partial charge in [0.1, 0.15) is 0 Å². The molecule has 128 valence electrons. The minimum Gasteiger partial charge on any atom is -0.0654 e. The van der Waals surface area contributed by atoms with Gasteiger partial charge in [0.05, 0.1) is 0 Å². The second kappa shape index (κ2) is 16.4. The number of unbranched alkanes of at least 4 members (excludes halogenated alkanes) is 8. The molecule has 0 rings (SSSR count). The van der Waals surface area contributed by atoms with Crippen LogP contribution in [0.4, 0.5) is 0 Å². The van der Waals surface area contributed by atoms with Crippen LogP contribution < -0.4 is 0 Å². The molecule has 0 aliphatic heterocycles. The van der Waals surface area contributed by atoms with Crippen molar-refractivity contribution in [3.05, 3.63) is 0 Å². The van der Waals surface area contributed by atoms with Crippen LogP contribution in [0.3, 0.4) is 0 Å². The third-order valence-electron chi connectivity index (χ3n) is 4.99. The maximum absolute atomic E-state index is 2.46. The molecule has 0 N–H and O–H groups in total. The monoisotopic (exact) mass is 296 g/mol. The molecule has 2 unspecified atom stereocenters. The SMILES string of the molecule is CCCCCCC(C)CCCCCC(C)CCCCCC. The lowest BCUT2D eigenvalue weighted by Crippen LogP contribution is -1.97. The molecule has 0 heterocycles. The second-order valence-corrected chi connectivity index (χ2v) is 7.55. The standard InChI is InChI=1S/C21H44/c1-5-7-9-12-16-20(3)18-14-11-15-19-21(4)17-13-10-8-6-2/h20-21H,5-19H2,1-4H3. The summed E-state index contributed by atoms with van der Waals surface area (Å²) in [4.78, 5) is 0. The van der Waals surface area contributed by atoms with Crippen LogP contribution >= 0.6 is 0 Å². The molecular weight excluding hydrogens is 252 g/mol. The summed E-state index contributed by atoms with van der Waals surface area (Å²) in [6, 6.07) is 0. The van der Waals surface area contributed by atoms with Crippen molar-refractivity contribution in [1.82, 2.24) is 0 Å². The molecule has 0 aromatic carbocycles. The van der Waals surface area contributed by atoms with Gasteiger partial charge in [-0.3, -0.25) is 0 Å². The van der Waals surface area contributed by atoms with E-state index in [-0.39, 0.29) is 0 Å². The molecule has 0 fully saturated rings. The zero-order valence-electron chi connectivity index (χ0n) is 15.8. The first kappa shape index (κ1) is 21.0. The summed E-state index contributed by atoms with van der Waals surface area (Å²) in [5.41, 5.74) is 0. The molecule has 0 saturated heterocycles. The minimum absolute atomic E-state index is 0.966. The van der Waals surface area contributed by atoms with Gasteiger partial charge in [0.15, 0.2) is 0 Å². The molecule has 0 heteroatoms. The Morgan fingerprint density at radius 2 is 0.714 bits per heavy atom. The van der Waals surface area contributed by atoms with E-state index in [0.29, 0.717) is 0 Å². The third-order valence-corrected chi connectivity index (χ3v) is 4.99. The second-order valence-electron chi connectivity index (χ2n) is 7.55. The molecule has 0 nitrogen and oxygen atoms in total. The topological polar surface area (TPSA) is 0 Å². The van der Waals surface area contributed by atoms with E-state index < -0.39 is 0 Å². The first-order valence-corrected chi connectivity index (χ1v) is 10.2. The van der Waals surface area contributed by atoms with E-state index in [9.17, 15) is 0 Å². The van der Waals surface area contributed by atoms with Crippen molar-refractivity contribution in [3.63, 3.8) is 0 Å². The van der Waals surface area contributed by atoms with E-state index in [2.05, 4.69) is 27.7 Å². The van der Waals surface area contributed by atoms with E-state index in [1.807, 2.05) is 0 Å². The Morgan fingerprint density at radius 1 is 0.429 bits per heavy atom. The van der Waals surface area contributed by atoms with Crippen molar-refractivity contribution >= 4 is 0 Å². The van der Waals surface area contributed by atoms with Gasteiger partial charge in [-0.1, -0.05) is 124 Å². The summed E-state index contributed by atoms with van der Waals surface area (Å²) < 4.78 is 0. The molecule has 21 heavy (non-hydrogen) atoms. The van der Waals surface area contributed by atoms with Crippen molar-refractivity contribution in [3.8, 4) is 0 Å². The van der Waals surface area contributed by atoms with Crippen molar-refractivity contribution in [2.24, 2.45) is 11.8 Å². The van der Waals surface area contributed by atoms with E-state index in [1.165, 1.54) is 96.3 Å². The van der Waals surface area contributed by atoms with Crippen LogP contribution in [-0.2, 0) is 0 Å². The predicted molar refractivity (Wildman–Crippen MR) is 98.9 cm³/mol. The van der Waals surface area contributed by atoms with E-state index in [4.69, 9.17) is 0 Å². The molecule has 0 radical (unpaired) electrons. The smallest absolute Gasteiger partial charge is 0.0443 e. The Kier molecular flexibility index (Phi) is 16.4. The number of hydrogen-bond donors (Lipinski definition) is 0. The van der Waals surface area contributed by atoms with Crippen LogP contribution in [0.2, 0.25) is 0 Å². The van der Waals surface area contributed by atoms with Gasteiger partial charge < -0.3 is 0 Å². The van der Waals surface area contributed by atoms with Crippen molar-refractivity contribution in [2.75, 3.05) is 0 Å². The van der Waals surface area contributed by atoms with Gasteiger partial charge in [0, 0.05) is 0 Å². The van der Waals surface area contributed by atoms with Crippen molar-refractivity contribution in [1.29, 1.82) is 0 Å². The van der Waals surface area contributed by atoms with Gasteiger partial charge in [-0.2, -0.15) is 0 Å². The van der Waals surface area contributed by atoms with E-state index >= 15 is 0 Å². The fraction of sp³-hybridized carbons (Fsp3) is 1.00. The molecule has 0 amide bonds. The highest BCUT2D eigenvalue weighted by molar-refractivity contribution is 4.58. The number of rotatable bonds is 16. The van der Waals surface area contributed by atoms with E-state index in [0.717, 1.165) is 11.8 Å². The summed E-state index contributed by atoms with van der Waals surface area (Å²) in [5.74, 6) is 1.93. The van der Waals surface area contributed by atoms with Crippen LogP contribution in [0.15, 0.2) is 0 Å². The Balaban J connectivity index is 3.26. The molecule has 0 aliphatic rings. The zero-order valence-corrected chi connectivity index (χ0v) is 15.8. The number of hydrogen-bond acceptors (Lipinski definition) is 0. The quantitative estimate of drug-likeness (QED) is 0.252. The van der Waals surface area contributed by atoms with Crippen molar-refractivity contribution in [2.45, 2.75) is 124 Å². The van der Waals surface area contributed by atoms with Gasteiger partial charge in [0.25, 0.3) is 0 Å². The van der Waals surface area contributed by atoms with Crippen molar-refractivity contribution < 1.29 is 0 Å². The van der Waals surface area contributed by atoms with Gasteiger partial charge in [-0.15, -0.1) is 0 Å². The normalized spacial score (nSPS) is 14.3. The lowest BCUT2D eigenvalue weighted by atomic mass is 9.94. The van der Waals surface area contributed by atoms with Gasteiger partial charge in [-0.25, -0.2) is 0 Å². The Hall–Kier alpha value is 0. The summed E-state index contributed by atoms with van der Waals surface area (Å²) in [6.07, 6.45) is 21.7. The minimum atomic E-state index is 0.966. The van der Waals surface area contributed by atoms with Gasteiger partial charge in [0.2, 0.25) is 0 Å². The maximum atomic E-state index is 2.46. The predicted octanol–water partition coefficient (Wildman–Crippen LogP) is 8.15. The van der Waals surface area contributed by atoms with Gasteiger partial charge >= 0.3 is 0 Å². The first-order chi connectivity index (χ1) is 10.2. The third kappa shape index (κ3) is 16.2. The lowest BCUT2D eigenvalue weighted by molar-refractivity contribution is 0.409. The summed E-state index contributed by atoms with van der Waals surface area (Å²) in [6.45, 7) is 9.52. The molecule has 0 spiro atoms. The van der Waals surface area contributed by atoms with E-state index in [1.54, 1.807) is 0 Å². The average Bonchev–Trinajstić information content (AvgIpc) is 2.48. The van der Waals surface area contributed by atoms with Crippen LogP contribution in [0, 0.1) is 11.8 Å². The Morgan fingerprint density at radius 3 is 1.00 bits per heavy atom.